The molecule has 0 aliphatic rings. The van der Waals surface area contributed by atoms with E-state index in [1.54, 1.807) is 0 Å². The summed E-state index contributed by atoms with van der Waals surface area (Å²) in [4.78, 5) is 54.4. The highest BCUT2D eigenvalue weighted by Gasteiger charge is 2.28. The topological polar surface area (TPSA) is 200 Å². The highest BCUT2D eigenvalue weighted by molar-refractivity contribution is 7.80. The summed E-state index contributed by atoms with van der Waals surface area (Å²) in [6, 6.07) is -4.65. The average Bonchev–Trinajstić information content (AvgIpc) is 3.17. The molecule has 29 heavy (non-hydrogen) atoms. The number of hydrogen-bond donors (Lipinski definition) is 8. The minimum atomic E-state index is -1.25. The van der Waals surface area contributed by atoms with Crippen LogP contribution in [0, 0.1) is 0 Å². The van der Waals surface area contributed by atoms with Gasteiger partial charge >= 0.3 is 5.97 Å². The Bertz CT molecular complexity index is 713. The van der Waals surface area contributed by atoms with Crippen LogP contribution in [0.15, 0.2) is 12.5 Å². The van der Waals surface area contributed by atoms with Crippen molar-refractivity contribution in [1.82, 2.24) is 25.9 Å². The normalized spacial score (nSPS) is 16.0. The van der Waals surface area contributed by atoms with Crippen molar-refractivity contribution in [2.24, 2.45) is 5.73 Å². The first-order valence-electron chi connectivity index (χ1n) is 8.72. The van der Waals surface area contributed by atoms with E-state index in [2.05, 4.69) is 38.5 Å². The molecule has 162 valence electrons. The number of carbonyl (C=O) groups is 4. The third-order valence-electron chi connectivity index (χ3n) is 3.98. The highest BCUT2D eigenvalue weighted by Crippen LogP contribution is 2.00. The van der Waals surface area contributed by atoms with Crippen LogP contribution in [0.5, 0.6) is 0 Å². The summed E-state index contributed by atoms with van der Waals surface area (Å²) in [6.45, 7) is 2.69. The summed E-state index contributed by atoms with van der Waals surface area (Å²) in [5, 5.41) is 25.7. The van der Waals surface area contributed by atoms with E-state index < -0.39 is 54.0 Å². The summed E-state index contributed by atoms with van der Waals surface area (Å²) in [7, 11) is 0. The summed E-state index contributed by atoms with van der Waals surface area (Å²) in [5.74, 6) is -3.53. The molecular weight excluding hydrogens is 404 g/mol. The fourth-order valence-corrected chi connectivity index (χ4v) is 2.43. The second-order valence-corrected chi connectivity index (χ2v) is 6.79. The van der Waals surface area contributed by atoms with Crippen LogP contribution in [0.25, 0.3) is 0 Å². The second-order valence-electron chi connectivity index (χ2n) is 6.42. The van der Waals surface area contributed by atoms with Crippen LogP contribution in [-0.2, 0) is 25.6 Å². The average molecular weight is 430 g/mol. The molecule has 12 nitrogen and oxygen atoms in total. The summed E-state index contributed by atoms with van der Waals surface area (Å²) >= 11 is 3.99. The predicted octanol–water partition coefficient (Wildman–Crippen LogP) is -2.85. The Morgan fingerprint density at radius 3 is 2.24 bits per heavy atom. The number of aromatic nitrogens is 2. The smallest absolute Gasteiger partial charge is 0.326 e. The molecule has 0 spiro atoms. The standard InChI is InChI=1S/C16H26N6O6S/c1-7(13(24)21-10(16(27)28)3-9-4-18-6-19-9)20-14(25)11(5-29)22-15(26)12(17)8(2)23/h4,6-8,10-12,23,29H,3,5,17H2,1-2H3,(H,18,19)(H,20,25)(H,21,24)(H,22,26)(H,27,28). The molecule has 0 radical (unpaired) electrons. The number of nitrogens with two attached hydrogens (primary N) is 1. The lowest BCUT2D eigenvalue weighted by molar-refractivity contribution is -0.142. The summed E-state index contributed by atoms with van der Waals surface area (Å²) in [5.41, 5.74) is 6.02. The maximum atomic E-state index is 12.3. The predicted molar refractivity (Wildman–Crippen MR) is 105 cm³/mol. The van der Waals surface area contributed by atoms with Crippen LogP contribution < -0.4 is 21.7 Å². The Hall–Kier alpha value is -2.64. The van der Waals surface area contributed by atoms with Crippen molar-refractivity contribution in [3.05, 3.63) is 18.2 Å². The van der Waals surface area contributed by atoms with Gasteiger partial charge in [-0.3, -0.25) is 14.4 Å². The van der Waals surface area contributed by atoms with Crippen molar-refractivity contribution in [2.75, 3.05) is 5.75 Å². The first-order chi connectivity index (χ1) is 13.6. The second kappa shape index (κ2) is 11.4. The number of nitrogens with zero attached hydrogens (tertiary/aromatic N) is 1. The number of aliphatic hydroxyl groups excluding tert-OH is 1. The number of carboxylic acid groups (broad SMARTS) is 1. The van der Waals surface area contributed by atoms with Gasteiger partial charge in [-0.05, 0) is 13.8 Å². The van der Waals surface area contributed by atoms with Crippen molar-refractivity contribution in [1.29, 1.82) is 0 Å². The zero-order chi connectivity index (χ0) is 22.1. The number of imidazole rings is 1. The molecule has 0 saturated heterocycles. The number of aliphatic carboxylic acids is 1. The van der Waals surface area contributed by atoms with Gasteiger partial charge in [-0.25, -0.2) is 9.78 Å². The van der Waals surface area contributed by atoms with Crippen LogP contribution in [0.4, 0.5) is 0 Å². The van der Waals surface area contributed by atoms with Gasteiger partial charge in [0.15, 0.2) is 0 Å². The molecular formula is C16H26N6O6S. The molecule has 8 N–H and O–H groups in total. The molecule has 0 aliphatic heterocycles. The third-order valence-corrected chi connectivity index (χ3v) is 4.35. The van der Waals surface area contributed by atoms with E-state index >= 15 is 0 Å². The molecule has 0 saturated carbocycles. The number of amides is 3. The van der Waals surface area contributed by atoms with Gasteiger partial charge in [0.1, 0.15) is 24.2 Å². The van der Waals surface area contributed by atoms with Gasteiger partial charge in [0.25, 0.3) is 0 Å². The summed E-state index contributed by atoms with van der Waals surface area (Å²) in [6.07, 6.45) is 1.68. The number of aliphatic hydroxyl groups is 1. The Morgan fingerprint density at radius 2 is 1.76 bits per heavy atom. The van der Waals surface area contributed by atoms with Crippen molar-refractivity contribution < 1.29 is 29.4 Å². The van der Waals surface area contributed by atoms with E-state index in [1.807, 2.05) is 0 Å². The first kappa shape index (κ1) is 24.4. The SMILES string of the molecule is CC(NC(=O)C(CS)NC(=O)C(N)C(C)O)C(=O)NC(Cc1cnc[nH]1)C(=O)O. The van der Waals surface area contributed by atoms with Gasteiger partial charge in [-0.15, -0.1) is 0 Å². The number of carboxylic acids is 1. The Balaban J connectivity index is 2.65. The zero-order valence-electron chi connectivity index (χ0n) is 16.0. The van der Waals surface area contributed by atoms with E-state index in [0.717, 1.165) is 0 Å². The van der Waals surface area contributed by atoms with Gasteiger partial charge in [0.05, 0.1) is 12.4 Å². The number of rotatable bonds is 11. The quantitative estimate of drug-likeness (QED) is 0.171. The Morgan fingerprint density at radius 1 is 1.14 bits per heavy atom. The molecule has 1 aromatic heterocycles. The van der Waals surface area contributed by atoms with E-state index in [1.165, 1.54) is 26.4 Å². The van der Waals surface area contributed by atoms with Crippen LogP contribution in [-0.4, -0.2) is 79.9 Å². The molecule has 0 bridgehead atoms. The van der Waals surface area contributed by atoms with Gasteiger partial charge < -0.3 is 36.9 Å². The number of nitrogens with one attached hydrogen (secondary N) is 4. The monoisotopic (exact) mass is 430 g/mol. The zero-order valence-corrected chi connectivity index (χ0v) is 16.8. The number of thiol groups is 1. The van der Waals surface area contributed by atoms with E-state index in [-0.39, 0.29) is 12.2 Å². The van der Waals surface area contributed by atoms with Crippen LogP contribution in [0.2, 0.25) is 0 Å². The highest BCUT2D eigenvalue weighted by atomic mass is 32.1. The lowest BCUT2D eigenvalue weighted by atomic mass is 10.1. The van der Waals surface area contributed by atoms with Crippen molar-refractivity contribution in [2.45, 2.75) is 50.5 Å². The fraction of sp³-hybridized carbons (Fsp3) is 0.562. The number of H-pyrrole nitrogens is 1. The van der Waals surface area contributed by atoms with Crippen LogP contribution in [0.3, 0.4) is 0 Å². The van der Waals surface area contributed by atoms with E-state index in [9.17, 15) is 29.4 Å². The Kier molecular flexibility index (Phi) is 9.58. The molecule has 13 heteroatoms. The minimum absolute atomic E-state index is 0.0195. The molecule has 0 fully saturated rings. The van der Waals surface area contributed by atoms with E-state index in [0.29, 0.717) is 5.69 Å². The third kappa shape index (κ3) is 7.71. The molecule has 1 rings (SSSR count). The summed E-state index contributed by atoms with van der Waals surface area (Å²) < 4.78 is 0. The van der Waals surface area contributed by atoms with Crippen LogP contribution >= 0.6 is 12.6 Å². The van der Waals surface area contributed by atoms with Crippen LogP contribution in [0.1, 0.15) is 19.5 Å². The van der Waals surface area contributed by atoms with Crippen molar-refractivity contribution >= 4 is 36.3 Å². The maximum Gasteiger partial charge on any atom is 0.326 e. The van der Waals surface area contributed by atoms with Gasteiger partial charge in [0.2, 0.25) is 17.7 Å². The molecule has 0 aromatic carbocycles. The number of carbonyl (C=O) groups excluding carboxylic acids is 3. The molecule has 3 amide bonds. The van der Waals surface area contributed by atoms with E-state index in [4.69, 9.17) is 5.73 Å². The van der Waals surface area contributed by atoms with Gasteiger partial charge in [-0.2, -0.15) is 12.6 Å². The minimum Gasteiger partial charge on any atom is -0.480 e. The first-order valence-corrected chi connectivity index (χ1v) is 9.35. The maximum absolute atomic E-state index is 12.3. The van der Waals surface area contributed by atoms with Gasteiger partial charge in [0, 0.05) is 24.1 Å². The Labute approximate surface area is 172 Å². The largest absolute Gasteiger partial charge is 0.480 e. The molecule has 5 unspecified atom stereocenters. The number of aromatic amines is 1. The van der Waals surface area contributed by atoms with Crippen molar-refractivity contribution in [3.8, 4) is 0 Å². The number of hydrogen-bond acceptors (Lipinski definition) is 8. The molecule has 5 atom stereocenters. The van der Waals surface area contributed by atoms with Crippen molar-refractivity contribution in [3.63, 3.8) is 0 Å². The lowest BCUT2D eigenvalue weighted by Gasteiger charge is -2.23. The van der Waals surface area contributed by atoms with Gasteiger partial charge in [-0.1, -0.05) is 0 Å². The molecule has 1 aromatic rings. The fourth-order valence-electron chi connectivity index (χ4n) is 2.17. The lowest BCUT2D eigenvalue weighted by Crippen LogP contribution is -2.58. The molecule has 1 heterocycles. The molecule has 0 aliphatic carbocycles.